The first-order valence-corrected chi connectivity index (χ1v) is 16.4. The molecule has 4 aromatic rings. The standard InChI is InChI=1S/C39H50N2O2/c1-6-9-15-25-42-38-19-13-11-17-34(38)36-27-32(31-21-23-33(24-22-31)41(8-3)29-30(4)5)28-37(40-36)35-18-12-14-20-39(35)43-26-16-10-7-2/h11-14,17-24,27-28,30H,6-10,15-16,25-26,29H2,1-5H3. The summed E-state index contributed by atoms with van der Waals surface area (Å²) in [4.78, 5) is 7.67. The first kappa shape index (κ1) is 32.1. The Labute approximate surface area is 260 Å². The van der Waals surface area contributed by atoms with Crippen LogP contribution in [-0.4, -0.2) is 31.3 Å². The molecule has 4 rings (SSSR count). The van der Waals surface area contributed by atoms with Crippen LogP contribution in [0.1, 0.15) is 73.1 Å². The van der Waals surface area contributed by atoms with Gasteiger partial charge in [0.15, 0.2) is 0 Å². The molecule has 1 aromatic heterocycles. The Morgan fingerprint density at radius 2 is 1.14 bits per heavy atom. The summed E-state index contributed by atoms with van der Waals surface area (Å²) in [7, 11) is 0. The lowest BCUT2D eigenvalue weighted by Crippen LogP contribution is -2.27. The van der Waals surface area contributed by atoms with Crippen molar-refractivity contribution in [2.75, 3.05) is 31.2 Å². The van der Waals surface area contributed by atoms with Crippen molar-refractivity contribution < 1.29 is 9.47 Å². The number of anilines is 1. The highest BCUT2D eigenvalue weighted by Gasteiger charge is 2.16. The SMILES string of the molecule is CCCCCOc1ccccc1-c1cc(-c2ccc(N(CC)CC(C)C)cc2)cc(-c2ccccc2OCCCCC)n1. The molecule has 3 aromatic carbocycles. The van der Waals surface area contributed by atoms with Gasteiger partial charge in [-0.2, -0.15) is 0 Å². The van der Waals surface area contributed by atoms with Gasteiger partial charge in [0.05, 0.1) is 24.6 Å². The van der Waals surface area contributed by atoms with E-state index in [-0.39, 0.29) is 0 Å². The Kier molecular flexibility index (Phi) is 12.5. The van der Waals surface area contributed by atoms with Gasteiger partial charge in [0, 0.05) is 29.9 Å². The monoisotopic (exact) mass is 578 g/mol. The van der Waals surface area contributed by atoms with Gasteiger partial charge < -0.3 is 14.4 Å². The second kappa shape index (κ2) is 16.7. The zero-order chi connectivity index (χ0) is 30.4. The molecule has 0 unspecified atom stereocenters. The van der Waals surface area contributed by atoms with E-state index in [2.05, 4.69) is 112 Å². The van der Waals surface area contributed by atoms with Gasteiger partial charge in [-0.05, 0) is 85.3 Å². The van der Waals surface area contributed by atoms with Crippen molar-refractivity contribution in [3.8, 4) is 45.1 Å². The number of para-hydroxylation sites is 2. The number of benzene rings is 3. The summed E-state index contributed by atoms with van der Waals surface area (Å²) in [5.41, 5.74) is 7.36. The Hall–Kier alpha value is -3.79. The van der Waals surface area contributed by atoms with Crippen LogP contribution in [0, 0.1) is 5.92 Å². The number of hydrogen-bond donors (Lipinski definition) is 0. The van der Waals surface area contributed by atoms with Crippen LogP contribution in [0.4, 0.5) is 5.69 Å². The first-order chi connectivity index (χ1) is 21.0. The highest BCUT2D eigenvalue weighted by Crippen LogP contribution is 2.37. The van der Waals surface area contributed by atoms with Gasteiger partial charge in [-0.15, -0.1) is 0 Å². The molecule has 0 aliphatic rings. The summed E-state index contributed by atoms with van der Waals surface area (Å²) in [6.07, 6.45) is 6.76. The molecule has 0 saturated heterocycles. The average Bonchev–Trinajstić information content (AvgIpc) is 3.04. The van der Waals surface area contributed by atoms with Crippen LogP contribution in [-0.2, 0) is 0 Å². The molecule has 1 heterocycles. The lowest BCUT2D eigenvalue weighted by Gasteiger charge is -2.25. The third-order valence-electron chi connectivity index (χ3n) is 7.70. The van der Waals surface area contributed by atoms with E-state index in [4.69, 9.17) is 14.5 Å². The summed E-state index contributed by atoms with van der Waals surface area (Å²) >= 11 is 0. The van der Waals surface area contributed by atoms with E-state index in [0.29, 0.717) is 19.1 Å². The zero-order valence-corrected chi connectivity index (χ0v) is 26.9. The molecule has 0 fully saturated rings. The maximum Gasteiger partial charge on any atom is 0.128 e. The molecule has 43 heavy (non-hydrogen) atoms. The minimum Gasteiger partial charge on any atom is -0.493 e. The average molecular weight is 579 g/mol. The Balaban J connectivity index is 1.77. The van der Waals surface area contributed by atoms with Gasteiger partial charge in [0.2, 0.25) is 0 Å². The van der Waals surface area contributed by atoms with Crippen molar-refractivity contribution in [2.24, 2.45) is 5.92 Å². The van der Waals surface area contributed by atoms with Crippen LogP contribution in [0.2, 0.25) is 0 Å². The number of nitrogens with zero attached hydrogens (tertiary/aromatic N) is 2. The first-order valence-electron chi connectivity index (χ1n) is 16.4. The van der Waals surface area contributed by atoms with Gasteiger partial charge in [0.25, 0.3) is 0 Å². The van der Waals surface area contributed by atoms with Crippen LogP contribution in [0.5, 0.6) is 11.5 Å². The van der Waals surface area contributed by atoms with Crippen molar-refractivity contribution >= 4 is 5.69 Å². The molecule has 4 heteroatoms. The molecule has 0 aliphatic heterocycles. The molecule has 228 valence electrons. The normalized spacial score (nSPS) is 11.1. The number of unbranched alkanes of at least 4 members (excludes halogenated alkanes) is 4. The van der Waals surface area contributed by atoms with Gasteiger partial charge in [0.1, 0.15) is 11.5 Å². The van der Waals surface area contributed by atoms with E-state index in [0.717, 1.165) is 83.9 Å². The van der Waals surface area contributed by atoms with Crippen LogP contribution >= 0.6 is 0 Å². The van der Waals surface area contributed by atoms with E-state index >= 15 is 0 Å². The van der Waals surface area contributed by atoms with Gasteiger partial charge in [-0.1, -0.05) is 89.8 Å². The van der Waals surface area contributed by atoms with Crippen LogP contribution in [0.25, 0.3) is 33.6 Å². The second-order valence-corrected chi connectivity index (χ2v) is 11.7. The van der Waals surface area contributed by atoms with Crippen molar-refractivity contribution in [1.29, 1.82) is 0 Å². The molecule has 0 bridgehead atoms. The predicted octanol–water partition coefficient (Wildman–Crippen LogP) is 10.7. The molecular weight excluding hydrogens is 528 g/mol. The molecule has 0 spiro atoms. The molecule has 0 atom stereocenters. The minimum absolute atomic E-state index is 0.610. The van der Waals surface area contributed by atoms with Gasteiger partial charge in [-0.25, -0.2) is 4.98 Å². The van der Waals surface area contributed by atoms with E-state index in [1.165, 1.54) is 18.5 Å². The molecular formula is C39H50N2O2. The molecule has 0 radical (unpaired) electrons. The lowest BCUT2D eigenvalue weighted by atomic mass is 9.99. The highest BCUT2D eigenvalue weighted by molar-refractivity contribution is 5.80. The number of rotatable bonds is 17. The largest absolute Gasteiger partial charge is 0.493 e. The number of aromatic nitrogens is 1. The van der Waals surface area contributed by atoms with Crippen molar-refractivity contribution in [1.82, 2.24) is 4.98 Å². The van der Waals surface area contributed by atoms with Crippen molar-refractivity contribution in [3.05, 3.63) is 84.9 Å². The predicted molar refractivity (Wildman–Crippen MR) is 183 cm³/mol. The molecule has 0 aliphatic carbocycles. The third-order valence-corrected chi connectivity index (χ3v) is 7.70. The third kappa shape index (κ3) is 9.10. The Bertz CT molecular complexity index is 1320. The summed E-state index contributed by atoms with van der Waals surface area (Å²) in [5.74, 6) is 2.36. The van der Waals surface area contributed by atoms with E-state index < -0.39 is 0 Å². The lowest BCUT2D eigenvalue weighted by molar-refractivity contribution is 0.307. The number of pyridine rings is 1. The van der Waals surface area contributed by atoms with E-state index in [9.17, 15) is 0 Å². The van der Waals surface area contributed by atoms with Crippen molar-refractivity contribution in [3.63, 3.8) is 0 Å². The molecule has 4 nitrogen and oxygen atoms in total. The Morgan fingerprint density at radius 3 is 1.60 bits per heavy atom. The summed E-state index contributed by atoms with van der Waals surface area (Å²) in [5, 5.41) is 0. The topological polar surface area (TPSA) is 34.6 Å². The minimum atomic E-state index is 0.610. The molecule has 0 saturated carbocycles. The number of hydrogen-bond acceptors (Lipinski definition) is 4. The summed E-state index contributed by atoms with van der Waals surface area (Å²) in [6.45, 7) is 14.6. The van der Waals surface area contributed by atoms with E-state index in [1.807, 2.05) is 12.1 Å². The van der Waals surface area contributed by atoms with Crippen LogP contribution in [0.15, 0.2) is 84.9 Å². The quantitative estimate of drug-likeness (QED) is 0.117. The van der Waals surface area contributed by atoms with Crippen molar-refractivity contribution in [2.45, 2.75) is 73.1 Å². The van der Waals surface area contributed by atoms with Crippen LogP contribution in [0.3, 0.4) is 0 Å². The van der Waals surface area contributed by atoms with Gasteiger partial charge >= 0.3 is 0 Å². The number of ether oxygens (including phenoxy) is 2. The highest BCUT2D eigenvalue weighted by atomic mass is 16.5. The summed E-state index contributed by atoms with van der Waals surface area (Å²) in [6, 6.07) is 29.9. The molecule has 0 amide bonds. The van der Waals surface area contributed by atoms with Crippen LogP contribution < -0.4 is 14.4 Å². The Morgan fingerprint density at radius 1 is 0.628 bits per heavy atom. The fourth-order valence-electron chi connectivity index (χ4n) is 5.37. The van der Waals surface area contributed by atoms with E-state index in [1.54, 1.807) is 0 Å². The maximum atomic E-state index is 6.30. The maximum absolute atomic E-state index is 6.30. The van der Waals surface area contributed by atoms with Gasteiger partial charge in [-0.3, -0.25) is 0 Å². The fraction of sp³-hybridized carbons (Fsp3) is 0.410. The zero-order valence-electron chi connectivity index (χ0n) is 26.9. The fourth-order valence-corrected chi connectivity index (χ4v) is 5.37. The summed E-state index contributed by atoms with van der Waals surface area (Å²) < 4.78 is 12.6. The molecule has 0 N–H and O–H groups in total. The smallest absolute Gasteiger partial charge is 0.128 e. The second-order valence-electron chi connectivity index (χ2n) is 11.7.